The Morgan fingerprint density at radius 3 is 2.94 bits per heavy atom. The van der Waals surface area contributed by atoms with Crippen molar-refractivity contribution in [2.24, 2.45) is 5.92 Å². The fraction of sp³-hybridized carbons (Fsp3) is 1.00. The van der Waals surface area contributed by atoms with Crippen molar-refractivity contribution in [3.05, 3.63) is 0 Å². The van der Waals surface area contributed by atoms with Gasteiger partial charge in [-0.3, -0.25) is 0 Å². The van der Waals surface area contributed by atoms with Gasteiger partial charge in [-0.15, -0.1) is 0 Å². The average Bonchev–Trinajstić information content (AvgIpc) is 2.34. The van der Waals surface area contributed by atoms with Crippen molar-refractivity contribution in [2.75, 3.05) is 31.3 Å². The van der Waals surface area contributed by atoms with Crippen LogP contribution >= 0.6 is 11.8 Å². The molecule has 1 aliphatic rings. The predicted octanol–water partition coefficient (Wildman–Crippen LogP) is 1.90. The summed E-state index contributed by atoms with van der Waals surface area (Å²) in [5, 5.41) is 12.3. The minimum atomic E-state index is 0.316. The van der Waals surface area contributed by atoms with Gasteiger partial charge in [0.05, 0.1) is 6.10 Å². The zero-order valence-electron chi connectivity index (χ0n) is 11.2. The van der Waals surface area contributed by atoms with Crippen LogP contribution in [0.25, 0.3) is 0 Å². The molecular weight excluding hydrogens is 234 g/mol. The normalized spacial score (nSPS) is 25.4. The molecule has 102 valence electrons. The third-order valence-corrected chi connectivity index (χ3v) is 4.25. The standard InChI is InChI=1S/C13H27NO2S/c1-11(2)13-10-12(4-7-16-13)14-5-9-17-8-3-6-15/h11-15H,3-10H2,1-2H3. The highest BCUT2D eigenvalue weighted by Gasteiger charge is 2.24. The third kappa shape index (κ3) is 6.65. The first kappa shape index (κ1) is 15.3. The Balaban J connectivity index is 2.02. The lowest BCUT2D eigenvalue weighted by Crippen LogP contribution is -2.41. The van der Waals surface area contributed by atoms with Crippen LogP contribution in [0.5, 0.6) is 0 Å². The topological polar surface area (TPSA) is 41.5 Å². The van der Waals surface area contributed by atoms with E-state index in [9.17, 15) is 0 Å². The van der Waals surface area contributed by atoms with Gasteiger partial charge < -0.3 is 15.2 Å². The first-order chi connectivity index (χ1) is 8.24. The number of nitrogens with one attached hydrogen (secondary N) is 1. The number of hydrogen-bond acceptors (Lipinski definition) is 4. The Labute approximate surface area is 110 Å². The number of hydrogen-bond donors (Lipinski definition) is 2. The van der Waals surface area contributed by atoms with Crippen LogP contribution in [0.3, 0.4) is 0 Å². The smallest absolute Gasteiger partial charge is 0.0612 e. The highest BCUT2D eigenvalue weighted by Crippen LogP contribution is 2.20. The molecule has 1 rings (SSSR count). The van der Waals surface area contributed by atoms with Gasteiger partial charge in [0.1, 0.15) is 0 Å². The SMILES string of the molecule is CC(C)C1CC(NCCSCCCO)CCO1. The highest BCUT2D eigenvalue weighted by molar-refractivity contribution is 7.99. The first-order valence-electron chi connectivity index (χ1n) is 6.77. The maximum Gasteiger partial charge on any atom is 0.0612 e. The van der Waals surface area contributed by atoms with Crippen LogP contribution in [0, 0.1) is 5.92 Å². The van der Waals surface area contributed by atoms with Gasteiger partial charge in [-0.2, -0.15) is 11.8 Å². The number of aliphatic hydroxyl groups is 1. The average molecular weight is 261 g/mol. The van der Waals surface area contributed by atoms with E-state index in [1.807, 2.05) is 11.8 Å². The molecule has 1 saturated heterocycles. The molecule has 3 nitrogen and oxygen atoms in total. The molecule has 1 heterocycles. The van der Waals surface area contributed by atoms with Gasteiger partial charge in [0, 0.05) is 31.6 Å². The maximum absolute atomic E-state index is 8.66. The number of aliphatic hydroxyl groups excluding tert-OH is 1. The summed E-state index contributed by atoms with van der Waals surface area (Å²) in [7, 11) is 0. The number of ether oxygens (including phenoxy) is 1. The van der Waals surface area contributed by atoms with Crippen LogP contribution in [0.1, 0.15) is 33.1 Å². The number of rotatable bonds is 8. The summed E-state index contributed by atoms with van der Waals surface area (Å²) in [5.74, 6) is 2.84. The van der Waals surface area contributed by atoms with Gasteiger partial charge in [0.15, 0.2) is 0 Å². The third-order valence-electron chi connectivity index (χ3n) is 3.18. The van der Waals surface area contributed by atoms with Crippen LogP contribution in [-0.2, 0) is 4.74 Å². The van der Waals surface area contributed by atoms with Gasteiger partial charge in [-0.05, 0) is 30.9 Å². The van der Waals surface area contributed by atoms with E-state index < -0.39 is 0 Å². The Morgan fingerprint density at radius 2 is 2.24 bits per heavy atom. The predicted molar refractivity (Wildman–Crippen MR) is 74.6 cm³/mol. The molecule has 0 amide bonds. The lowest BCUT2D eigenvalue weighted by molar-refractivity contribution is -0.0240. The van der Waals surface area contributed by atoms with Crippen molar-refractivity contribution >= 4 is 11.8 Å². The second-order valence-electron chi connectivity index (χ2n) is 5.02. The minimum absolute atomic E-state index is 0.316. The summed E-state index contributed by atoms with van der Waals surface area (Å²) in [6.45, 7) is 6.76. The first-order valence-corrected chi connectivity index (χ1v) is 7.93. The second kappa shape index (κ2) is 9.20. The van der Waals surface area contributed by atoms with Crippen molar-refractivity contribution in [3.63, 3.8) is 0 Å². The Hall–Kier alpha value is 0.230. The molecular formula is C13H27NO2S. The summed E-state index contributed by atoms with van der Waals surface area (Å²) < 4.78 is 5.76. The van der Waals surface area contributed by atoms with Crippen LogP contribution in [0.4, 0.5) is 0 Å². The quantitative estimate of drug-likeness (QED) is 0.655. The second-order valence-corrected chi connectivity index (χ2v) is 6.24. The molecule has 0 bridgehead atoms. The van der Waals surface area contributed by atoms with E-state index in [4.69, 9.17) is 9.84 Å². The largest absolute Gasteiger partial charge is 0.396 e. The molecule has 0 radical (unpaired) electrons. The summed E-state index contributed by atoms with van der Waals surface area (Å²) in [5.41, 5.74) is 0. The minimum Gasteiger partial charge on any atom is -0.396 e. The molecule has 0 aromatic heterocycles. The van der Waals surface area contributed by atoms with Gasteiger partial charge in [0.25, 0.3) is 0 Å². The van der Waals surface area contributed by atoms with Crippen LogP contribution < -0.4 is 5.32 Å². The zero-order valence-corrected chi connectivity index (χ0v) is 12.0. The van der Waals surface area contributed by atoms with Gasteiger partial charge in [0.2, 0.25) is 0 Å². The van der Waals surface area contributed by atoms with E-state index in [1.165, 1.54) is 0 Å². The van der Waals surface area contributed by atoms with Crippen molar-refractivity contribution in [1.29, 1.82) is 0 Å². The molecule has 0 aliphatic carbocycles. The molecule has 1 fully saturated rings. The highest BCUT2D eigenvalue weighted by atomic mass is 32.2. The van der Waals surface area contributed by atoms with E-state index in [1.54, 1.807) is 0 Å². The molecule has 2 unspecified atom stereocenters. The van der Waals surface area contributed by atoms with E-state index in [2.05, 4.69) is 19.2 Å². The summed E-state index contributed by atoms with van der Waals surface area (Å²) in [6, 6.07) is 0.634. The Bertz CT molecular complexity index is 190. The summed E-state index contributed by atoms with van der Waals surface area (Å²) in [4.78, 5) is 0. The molecule has 2 atom stereocenters. The van der Waals surface area contributed by atoms with Crippen molar-refractivity contribution in [2.45, 2.75) is 45.3 Å². The van der Waals surface area contributed by atoms with Crippen molar-refractivity contribution in [3.8, 4) is 0 Å². The Kier molecular flexibility index (Phi) is 8.27. The molecule has 17 heavy (non-hydrogen) atoms. The van der Waals surface area contributed by atoms with Crippen LogP contribution in [0.15, 0.2) is 0 Å². The molecule has 0 saturated carbocycles. The molecule has 0 spiro atoms. The Morgan fingerprint density at radius 1 is 1.41 bits per heavy atom. The fourth-order valence-electron chi connectivity index (χ4n) is 2.08. The van der Waals surface area contributed by atoms with E-state index >= 15 is 0 Å². The summed E-state index contributed by atoms with van der Waals surface area (Å²) in [6.07, 6.45) is 3.64. The molecule has 2 N–H and O–H groups in total. The zero-order chi connectivity index (χ0) is 12.5. The lowest BCUT2D eigenvalue weighted by Gasteiger charge is -2.32. The lowest BCUT2D eigenvalue weighted by atomic mass is 9.95. The number of thioether (sulfide) groups is 1. The van der Waals surface area contributed by atoms with Crippen LogP contribution in [-0.4, -0.2) is 48.5 Å². The summed E-state index contributed by atoms with van der Waals surface area (Å²) >= 11 is 1.92. The molecule has 0 aromatic rings. The monoisotopic (exact) mass is 261 g/mol. The van der Waals surface area contributed by atoms with E-state index in [0.29, 0.717) is 24.7 Å². The maximum atomic E-state index is 8.66. The van der Waals surface area contributed by atoms with Gasteiger partial charge >= 0.3 is 0 Å². The molecule has 1 aliphatic heterocycles. The van der Waals surface area contributed by atoms with E-state index in [0.717, 1.165) is 43.9 Å². The van der Waals surface area contributed by atoms with Crippen molar-refractivity contribution in [1.82, 2.24) is 5.32 Å². The van der Waals surface area contributed by atoms with Gasteiger partial charge in [-0.1, -0.05) is 13.8 Å². The molecule has 0 aromatic carbocycles. The van der Waals surface area contributed by atoms with E-state index in [-0.39, 0.29) is 0 Å². The van der Waals surface area contributed by atoms with Gasteiger partial charge in [-0.25, -0.2) is 0 Å². The van der Waals surface area contributed by atoms with Crippen molar-refractivity contribution < 1.29 is 9.84 Å². The fourth-order valence-corrected chi connectivity index (χ4v) is 2.88. The van der Waals surface area contributed by atoms with Crippen LogP contribution in [0.2, 0.25) is 0 Å². The molecule has 4 heteroatoms.